The first kappa shape index (κ1) is 11.2. The smallest absolute Gasteiger partial charge is 0.404 e. The van der Waals surface area contributed by atoms with E-state index in [2.05, 4.69) is 14.7 Å². The quantitative estimate of drug-likeness (QED) is 0.801. The molecule has 1 amide bonds. The van der Waals surface area contributed by atoms with Gasteiger partial charge in [-0.05, 0) is 18.6 Å². The molecule has 0 fully saturated rings. The summed E-state index contributed by atoms with van der Waals surface area (Å²) in [5, 5.41) is 0. The van der Waals surface area contributed by atoms with Crippen LogP contribution in [0.3, 0.4) is 0 Å². The zero-order valence-corrected chi connectivity index (χ0v) is 9.38. The van der Waals surface area contributed by atoms with Crippen LogP contribution in [0.5, 0.6) is 0 Å². The zero-order chi connectivity index (χ0) is 12.4. The largest absolute Gasteiger partial charge is 0.448 e. The third-order valence-electron chi connectivity index (χ3n) is 2.42. The molecule has 0 saturated heterocycles. The molecule has 0 radical (unpaired) electrons. The van der Waals surface area contributed by atoms with Crippen LogP contribution in [0.15, 0.2) is 12.3 Å². The fourth-order valence-electron chi connectivity index (χ4n) is 1.61. The lowest BCUT2D eigenvalue weighted by Crippen LogP contribution is -2.17. The molecule has 0 atom stereocenters. The number of nitrogens with zero attached hydrogens (tertiary/aromatic N) is 3. The van der Waals surface area contributed by atoms with Gasteiger partial charge in [-0.2, -0.15) is 0 Å². The summed E-state index contributed by atoms with van der Waals surface area (Å²) < 4.78 is 6.34. The van der Waals surface area contributed by atoms with Gasteiger partial charge in [0.1, 0.15) is 12.1 Å². The highest BCUT2D eigenvalue weighted by atomic mass is 16.5. The van der Waals surface area contributed by atoms with E-state index in [-0.39, 0.29) is 6.61 Å². The maximum absolute atomic E-state index is 10.5. The average molecular weight is 235 g/mol. The number of amides is 1. The molecule has 0 unspecified atom stereocenters. The van der Waals surface area contributed by atoms with Crippen LogP contribution in [0.2, 0.25) is 0 Å². The number of fused-ring (bicyclic) bond motifs is 1. The second-order valence-electron chi connectivity index (χ2n) is 3.59. The minimum atomic E-state index is -0.808. The first-order valence-electron chi connectivity index (χ1n) is 5.09. The van der Waals surface area contributed by atoms with Crippen molar-refractivity contribution in [2.45, 2.75) is 13.5 Å². The van der Waals surface area contributed by atoms with Crippen molar-refractivity contribution in [3.8, 4) is 0 Å². The summed E-state index contributed by atoms with van der Waals surface area (Å²) in [6.07, 6.45) is 0.877. The molecule has 90 valence electrons. The second kappa shape index (κ2) is 4.28. The first-order valence-corrected chi connectivity index (χ1v) is 5.09. The molecule has 7 nitrogen and oxygen atoms in total. The third-order valence-corrected chi connectivity index (χ3v) is 2.42. The van der Waals surface area contributed by atoms with Gasteiger partial charge >= 0.3 is 6.09 Å². The Bertz CT molecular complexity index is 563. The van der Waals surface area contributed by atoms with E-state index in [1.807, 2.05) is 13.0 Å². The summed E-state index contributed by atoms with van der Waals surface area (Å²) >= 11 is 0. The topological polar surface area (TPSA) is 109 Å². The monoisotopic (exact) mass is 235 g/mol. The SMILES string of the molecule is Cc1ccnc2c1nc(N)n2CCOC(N)=O. The van der Waals surface area contributed by atoms with Gasteiger partial charge in [-0.3, -0.25) is 4.57 Å². The standard InChI is InChI=1S/C10H13N5O2/c1-6-2-3-13-8-7(6)14-9(11)15(8)4-5-17-10(12)16/h2-3H,4-5H2,1H3,(H2,11,14)(H2,12,16). The van der Waals surface area contributed by atoms with E-state index in [0.29, 0.717) is 18.1 Å². The van der Waals surface area contributed by atoms with Crippen LogP contribution in [0.25, 0.3) is 11.2 Å². The molecule has 0 saturated carbocycles. The number of hydrogen-bond acceptors (Lipinski definition) is 5. The molecule has 2 aromatic rings. The summed E-state index contributed by atoms with van der Waals surface area (Å²) in [4.78, 5) is 18.9. The lowest BCUT2D eigenvalue weighted by molar-refractivity contribution is 0.153. The number of nitrogens with two attached hydrogens (primary N) is 2. The molecule has 2 heterocycles. The molecular formula is C10H13N5O2. The van der Waals surface area contributed by atoms with E-state index < -0.39 is 6.09 Å². The molecule has 17 heavy (non-hydrogen) atoms. The van der Waals surface area contributed by atoms with Crippen LogP contribution in [0.4, 0.5) is 10.7 Å². The molecule has 0 aliphatic heterocycles. The molecule has 2 aromatic heterocycles. The lowest BCUT2D eigenvalue weighted by Gasteiger charge is -2.05. The van der Waals surface area contributed by atoms with E-state index in [9.17, 15) is 4.79 Å². The van der Waals surface area contributed by atoms with Gasteiger partial charge in [0.25, 0.3) is 0 Å². The van der Waals surface area contributed by atoms with E-state index >= 15 is 0 Å². The Morgan fingerprint density at radius 3 is 3.06 bits per heavy atom. The fourth-order valence-corrected chi connectivity index (χ4v) is 1.61. The number of ether oxygens (including phenoxy) is 1. The van der Waals surface area contributed by atoms with E-state index in [4.69, 9.17) is 11.5 Å². The van der Waals surface area contributed by atoms with Crippen LogP contribution in [-0.4, -0.2) is 27.2 Å². The first-order chi connectivity index (χ1) is 8.09. The maximum atomic E-state index is 10.5. The number of hydrogen-bond donors (Lipinski definition) is 2. The highest BCUT2D eigenvalue weighted by Crippen LogP contribution is 2.18. The molecule has 7 heteroatoms. The zero-order valence-electron chi connectivity index (χ0n) is 9.38. The molecule has 4 N–H and O–H groups in total. The number of imidazole rings is 1. The molecule has 0 aliphatic carbocycles. The number of carbonyl (C=O) groups is 1. The summed E-state index contributed by atoms with van der Waals surface area (Å²) in [6, 6.07) is 1.86. The van der Waals surface area contributed by atoms with Crippen molar-refractivity contribution in [1.82, 2.24) is 14.5 Å². The number of nitrogen functional groups attached to an aromatic ring is 1. The number of aryl methyl sites for hydroxylation is 1. The van der Waals surface area contributed by atoms with Gasteiger partial charge < -0.3 is 16.2 Å². The number of primary amides is 1. The molecule has 0 bridgehead atoms. The Labute approximate surface area is 97.4 Å². The molecular weight excluding hydrogens is 222 g/mol. The fraction of sp³-hybridized carbons (Fsp3) is 0.300. The van der Waals surface area contributed by atoms with Gasteiger partial charge in [0.2, 0.25) is 5.95 Å². The Kier molecular flexibility index (Phi) is 2.82. The molecule has 0 aliphatic rings. The highest BCUT2D eigenvalue weighted by Gasteiger charge is 2.10. The lowest BCUT2D eigenvalue weighted by atomic mass is 10.3. The number of carbonyl (C=O) groups excluding carboxylic acids is 1. The average Bonchev–Trinajstić information content (AvgIpc) is 2.57. The molecule has 0 spiro atoms. The summed E-state index contributed by atoms with van der Waals surface area (Å²) in [7, 11) is 0. The Hall–Kier alpha value is -2.31. The predicted molar refractivity (Wildman–Crippen MR) is 62.2 cm³/mol. The van der Waals surface area contributed by atoms with Crippen LogP contribution in [0.1, 0.15) is 5.56 Å². The number of anilines is 1. The maximum Gasteiger partial charge on any atom is 0.404 e. The minimum absolute atomic E-state index is 0.139. The van der Waals surface area contributed by atoms with Gasteiger partial charge in [-0.25, -0.2) is 14.8 Å². The third kappa shape index (κ3) is 2.12. The highest BCUT2D eigenvalue weighted by molar-refractivity contribution is 5.77. The van der Waals surface area contributed by atoms with Crippen molar-refractivity contribution >= 4 is 23.2 Å². The van der Waals surface area contributed by atoms with E-state index in [1.54, 1.807) is 10.8 Å². The second-order valence-corrected chi connectivity index (χ2v) is 3.59. The Balaban J connectivity index is 2.30. The minimum Gasteiger partial charge on any atom is -0.448 e. The van der Waals surface area contributed by atoms with Crippen LogP contribution in [0, 0.1) is 6.92 Å². The summed E-state index contributed by atoms with van der Waals surface area (Å²) in [6.45, 7) is 2.45. The Morgan fingerprint density at radius 1 is 1.59 bits per heavy atom. The molecule has 2 rings (SSSR count). The van der Waals surface area contributed by atoms with Crippen molar-refractivity contribution in [3.05, 3.63) is 17.8 Å². The number of aromatic nitrogens is 3. The van der Waals surface area contributed by atoms with Gasteiger partial charge in [0, 0.05) is 6.20 Å². The van der Waals surface area contributed by atoms with Crippen LogP contribution < -0.4 is 11.5 Å². The van der Waals surface area contributed by atoms with Gasteiger partial charge in [-0.15, -0.1) is 0 Å². The summed E-state index contributed by atoms with van der Waals surface area (Å²) in [5.74, 6) is 0.342. The van der Waals surface area contributed by atoms with Gasteiger partial charge in [0.05, 0.1) is 6.54 Å². The van der Waals surface area contributed by atoms with Gasteiger partial charge in [0.15, 0.2) is 5.65 Å². The van der Waals surface area contributed by atoms with Gasteiger partial charge in [-0.1, -0.05) is 0 Å². The van der Waals surface area contributed by atoms with E-state index in [1.165, 1.54) is 0 Å². The number of pyridine rings is 1. The normalized spacial score (nSPS) is 10.6. The van der Waals surface area contributed by atoms with Crippen LogP contribution >= 0.6 is 0 Å². The van der Waals surface area contributed by atoms with Crippen molar-refractivity contribution in [1.29, 1.82) is 0 Å². The van der Waals surface area contributed by atoms with Crippen molar-refractivity contribution in [2.24, 2.45) is 5.73 Å². The van der Waals surface area contributed by atoms with Crippen molar-refractivity contribution in [2.75, 3.05) is 12.3 Å². The van der Waals surface area contributed by atoms with Crippen molar-refractivity contribution < 1.29 is 9.53 Å². The van der Waals surface area contributed by atoms with Crippen molar-refractivity contribution in [3.63, 3.8) is 0 Å². The van der Waals surface area contributed by atoms with Crippen LogP contribution in [-0.2, 0) is 11.3 Å². The predicted octanol–water partition coefficient (Wildman–Crippen LogP) is 0.417. The van der Waals surface area contributed by atoms with E-state index in [0.717, 1.165) is 11.1 Å². The Morgan fingerprint density at radius 2 is 2.35 bits per heavy atom. The summed E-state index contributed by atoms with van der Waals surface area (Å²) in [5.41, 5.74) is 13.1. The number of rotatable bonds is 3. The molecule has 0 aromatic carbocycles.